The third-order valence-corrected chi connectivity index (χ3v) is 4.12. The van der Waals surface area contributed by atoms with Crippen LogP contribution in [-0.2, 0) is 16.6 Å². The summed E-state index contributed by atoms with van der Waals surface area (Å²) >= 11 is 0. The Labute approximate surface area is 113 Å². The van der Waals surface area contributed by atoms with E-state index in [1.54, 1.807) is 12.4 Å². The Morgan fingerprint density at radius 2 is 1.89 bits per heavy atom. The number of rotatable bonds is 3. The van der Waals surface area contributed by atoms with E-state index in [1.165, 1.54) is 0 Å². The maximum absolute atomic E-state index is 12.3. The molecule has 0 saturated carbocycles. The van der Waals surface area contributed by atoms with E-state index in [0.29, 0.717) is 10.8 Å². The Kier molecular flexibility index (Phi) is 3.33. The fourth-order valence-corrected chi connectivity index (χ4v) is 2.92. The largest absolute Gasteiger partial charge is 0.264 e. The third kappa shape index (κ3) is 2.69. The van der Waals surface area contributed by atoms with Gasteiger partial charge in [-0.25, -0.2) is 4.98 Å². The minimum Gasteiger partial charge on any atom is -0.264 e. The summed E-state index contributed by atoms with van der Waals surface area (Å²) in [4.78, 5) is 8.48. The lowest BCUT2D eigenvalue weighted by Crippen LogP contribution is -1.99. The van der Waals surface area contributed by atoms with Crippen molar-refractivity contribution < 1.29 is 4.21 Å². The highest BCUT2D eigenvalue weighted by Gasteiger charge is 2.07. The molecule has 0 amide bonds. The lowest BCUT2D eigenvalue weighted by molar-refractivity contribution is 0.680. The minimum atomic E-state index is -1.14. The molecule has 0 fully saturated rings. The summed E-state index contributed by atoms with van der Waals surface area (Å²) < 4.78 is 12.3. The smallest absolute Gasteiger partial charge is 0.128 e. The number of hydrogen-bond acceptors (Lipinski definition) is 3. The van der Waals surface area contributed by atoms with Crippen LogP contribution in [0.3, 0.4) is 0 Å². The van der Waals surface area contributed by atoms with Crippen molar-refractivity contribution >= 4 is 21.7 Å². The van der Waals surface area contributed by atoms with Crippen LogP contribution in [-0.4, -0.2) is 14.2 Å². The Morgan fingerprint density at radius 1 is 1.00 bits per heavy atom. The summed E-state index contributed by atoms with van der Waals surface area (Å²) in [5, 5.41) is 1.67. The van der Waals surface area contributed by atoms with E-state index in [4.69, 9.17) is 0 Å². The molecular weight excluding hydrogens is 256 g/mol. The van der Waals surface area contributed by atoms with Crippen molar-refractivity contribution in [3.8, 4) is 0 Å². The summed E-state index contributed by atoms with van der Waals surface area (Å²) in [6, 6.07) is 15.4. The van der Waals surface area contributed by atoms with E-state index in [0.717, 1.165) is 16.5 Å². The Bertz CT molecular complexity index is 728. The van der Waals surface area contributed by atoms with E-state index >= 15 is 0 Å². The predicted molar refractivity (Wildman–Crippen MR) is 76.1 cm³/mol. The fraction of sp³-hybridized carbons (Fsp3) is 0.0667. The van der Waals surface area contributed by atoms with Gasteiger partial charge in [0.1, 0.15) is 5.03 Å². The molecule has 0 spiro atoms. The molecule has 0 bridgehead atoms. The van der Waals surface area contributed by atoms with Crippen LogP contribution < -0.4 is 0 Å². The fourth-order valence-electron chi connectivity index (χ4n) is 1.88. The van der Waals surface area contributed by atoms with Gasteiger partial charge >= 0.3 is 0 Å². The van der Waals surface area contributed by atoms with Crippen LogP contribution in [0.15, 0.2) is 66.0 Å². The molecule has 3 aromatic rings. The van der Waals surface area contributed by atoms with Gasteiger partial charge in [-0.05, 0) is 23.8 Å². The van der Waals surface area contributed by atoms with Crippen molar-refractivity contribution in [3.05, 3.63) is 66.5 Å². The number of benzene rings is 1. The lowest BCUT2D eigenvalue weighted by atomic mass is 10.2. The molecule has 1 atom stereocenters. The molecule has 3 nitrogen and oxygen atoms in total. The van der Waals surface area contributed by atoms with Gasteiger partial charge in [-0.2, -0.15) is 0 Å². The van der Waals surface area contributed by atoms with Gasteiger partial charge in [0.15, 0.2) is 0 Å². The monoisotopic (exact) mass is 268 g/mol. The molecule has 4 heteroatoms. The molecule has 19 heavy (non-hydrogen) atoms. The molecule has 0 aliphatic rings. The normalized spacial score (nSPS) is 12.4. The minimum absolute atomic E-state index is 0.444. The summed E-state index contributed by atoms with van der Waals surface area (Å²) in [5.74, 6) is 0.444. The zero-order chi connectivity index (χ0) is 13.1. The van der Waals surface area contributed by atoms with Gasteiger partial charge in [0.2, 0.25) is 0 Å². The molecule has 0 aliphatic carbocycles. The number of nitrogens with zero attached hydrogens (tertiary/aromatic N) is 2. The number of pyridine rings is 2. The van der Waals surface area contributed by atoms with Crippen molar-refractivity contribution in [2.45, 2.75) is 10.8 Å². The average Bonchev–Trinajstić information content (AvgIpc) is 2.48. The van der Waals surface area contributed by atoms with Crippen molar-refractivity contribution in [2.24, 2.45) is 0 Å². The first-order valence-electron chi connectivity index (χ1n) is 5.96. The standard InChI is InChI=1S/C15H12N2OS/c18-19(11-12-4-3-9-16-10-12)15-8-7-13-5-1-2-6-14(13)17-15/h1-10H,11H2. The number of para-hydroxylation sites is 1. The molecule has 0 radical (unpaired) electrons. The zero-order valence-electron chi connectivity index (χ0n) is 10.2. The molecular formula is C15H12N2OS. The van der Waals surface area contributed by atoms with Gasteiger partial charge in [0.25, 0.3) is 0 Å². The van der Waals surface area contributed by atoms with Crippen molar-refractivity contribution in [1.29, 1.82) is 0 Å². The van der Waals surface area contributed by atoms with Crippen molar-refractivity contribution in [1.82, 2.24) is 9.97 Å². The molecule has 1 aromatic carbocycles. The summed E-state index contributed by atoms with van der Waals surface area (Å²) in [6.45, 7) is 0. The van der Waals surface area contributed by atoms with Crippen LogP contribution in [0.2, 0.25) is 0 Å². The van der Waals surface area contributed by atoms with Crippen LogP contribution in [0.5, 0.6) is 0 Å². The SMILES string of the molecule is O=S(Cc1cccnc1)c1ccc2ccccc2n1. The maximum Gasteiger partial charge on any atom is 0.128 e. The van der Waals surface area contributed by atoms with E-state index in [2.05, 4.69) is 9.97 Å². The van der Waals surface area contributed by atoms with Gasteiger partial charge < -0.3 is 0 Å². The molecule has 1 unspecified atom stereocenters. The first-order valence-corrected chi connectivity index (χ1v) is 7.28. The lowest BCUT2D eigenvalue weighted by Gasteiger charge is -2.03. The highest BCUT2D eigenvalue weighted by atomic mass is 32.2. The summed E-state index contributed by atoms with van der Waals surface area (Å²) in [7, 11) is -1.14. The molecule has 0 N–H and O–H groups in total. The van der Waals surface area contributed by atoms with Crippen molar-refractivity contribution in [2.75, 3.05) is 0 Å². The number of aromatic nitrogens is 2. The molecule has 2 aromatic heterocycles. The summed E-state index contributed by atoms with van der Waals surface area (Å²) in [5.41, 5.74) is 1.83. The summed E-state index contributed by atoms with van der Waals surface area (Å²) in [6.07, 6.45) is 3.44. The Morgan fingerprint density at radius 3 is 2.74 bits per heavy atom. The maximum atomic E-state index is 12.3. The van der Waals surface area contributed by atoms with Crippen LogP contribution in [0.25, 0.3) is 10.9 Å². The Balaban J connectivity index is 1.89. The second-order valence-corrected chi connectivity index (χ2v) is 5.59. The predicted octanol–water partition coefficient (Wildman–Crippen LogP) is 2.94. The third-order valence-electron chi connectivity index (χ3n) is 2.83. The zero-order valence-corrected chi connectivity index (χ0v) is 11.0. The second-order valence-electron chi connectivity index (χ2n) is 4.19. The van der Waals surface area contributed by atoms with Gasteiger partial charge in [-0.3, -0.25) is 9.19 Å². The number of fused-ring (bicyclic) bond motifs is 1. The van der Waals surface area contributed by atoms with Gasteiger partial charge in [0.05, 0.1) is 22.1 Å². The molecule has 0 saturated heterocycles. The van der Waals surface area contributed by atoms with E-state index in [-0.39, 0.29) is 0 Å². The van der Waals surface area contributed by atoms with E-state index in [9.17, 15) is 4.21 Å². The Hall–Kier alpha value is -2.07. The topological polar surface area (TPSA) is 42.9 Å². The van der Waals surface area contributed by atoms with E-state index in [1.807, 2.05) is 48.5 Å². The van der Waals surface area contributed by atoms with Gasteiger partial charge in [-0.1, -0.05) is 30.3 Å². The highest BCUT2D eigenvalue weighted by Crippen LogP contribution is 2.15. The second kappa shape index (κ2) is 5.28. The average molecular weight is 268 g/mol. The molecule has 0 aliphatic heterocycles. The van der Waals surface area contributed by atoms with Gasteiger partial charge in [-0.15, -0.1) is 0 Å². The first kappa shape index (κ1) is 12.0. The quantitative estimate of drug-likeness (QED) is 0.733. The van der Waals surface area contributed by atoms with Crippen molar-refractivity contribution in [3.63, 3.8) is 0 Å². The molecule has 2 heterocycles. The molecule has 94 valence electrons. The number of hydrogen-bond donors (Lipinski definition) is 0. The van der Waals surface area contributed by atoms with Crippen LogP contribution >= 0.6 is 0 Å². The molecule has 3 rings (SSSR count). The first-order chi connectivity index (χ1) is 9.33. The highest BCUT2D eigenvalue weighted by molar-refractivity contribution is 7.84. The van der Waals surface area contributed by atoms with Gasteiger partial charge in [0, 0.05) is 17.8 Å². The van der Waals surface area contributed by atoms with Crippen LogP contribution in [0, 0.1) is 0 Å². The van der Waals surface area contributed by atoms with Crippen LogP contribution in [0.1, 0.15) is 5.56 Å². The van der Waals surface area contributed by atoms with Crippen LogP contribution in [0.4, 0.5) is 0 Å². The van der Waals surface area contributed by atoms with E-state index < -0.39 is 10.8 Å².